The van der Waals surface area contributed by atoms with Crippen molar-refractivity contribution in [3.05, 3.63) is 28.7 Å². The summed E-state index contributed by atoms with van der Waals surface area (Å²) in [7, 11) is 4.14. The van der Waals surface area contributed by atoms with Gasteiger partial charge in [-0.05, 0) is 64.5 Å². The molecule has 1 fully saturated rings. The zero-order valence-electron chi connectivity index (χ0n) is 17.9. The summed E-state index contributed by atoms with van der Waals surface area (Å²) in [6.07, 6.45) is 7.43. The van der Waals surface area contributed by atoms with E-state index in [2.05, 4.69) is 54.4 Å². The van der Waals surface area contributed by atoms with E-state index in [-0.39, 0.29) is 0 Å². The Morgan fingerprint density at radius 2 is 2.11 bits per heavy atom. The molecule has 1 aromatic heterocycles. The molecule has 1 aromatic rings. The van der Waals surface area contributed by atoms with Crippen LogP contribution in [0.4, 0.5) is 5.82 Å². The van der Waals surface area contributed by atoms with Crippen molar-refractivity contribution >= 4 is 5.82 Å². The minimum Gasteiger partial charge on any atom is -0.373 e. The summed E-state index contributed by atoms with van der Waals surface area (Å²) >= 11 is 0. The van der Waals surface area contributed by atoms with Crippen molar-refractivity contribution in [2.45, 2.75) is 71.9 Å². The van der Waals surface area contributed by atoms with Crippen LogP contribution in [0.2, 0.25) is 0 Å². The molecule has 0 amide bonds. The molecule has 2 aliphatic rings. The van der Waals surface area contributed by atoms with E-state index in [9.17, 15) is 0 Å². The Labute approximate surface area is 165 Å². The van der Waals surface area contributed by atoms with Crippen LogP contribution in [0, 0.1) is 5.41 Å². The summed E-state index contributed by atoms with van der Waals surface area (Å²) in [4.78, 5) is 12.0. The summed E-state index contributed by atoms with van der Waals surface area (Å²) in [5.41, 5.74) is 4.76. The van der Waals surface area contributed by atoms with Crippen LogP contribution in [-0.4, -0.2) is 42.1 Å². The number of nitrogens with one attached hydrogen (secondary N) is 2. The number of rotatable bonds is 7. The second kappa shape index (κ2) is 8.70. The van der Waals surface area contributed by atoms with Gasteiger partial charge in [0.2, 0.25) is 0 Å². The summed E-state index contributed by atoms with van der Waals surface area (Å²) in [6.45, 7) is 10.2. The van der Waals surface area contributed by atoms with Gasteiger partial charge in [-0.2, -0.15) is 0 Å². The van der Waals surface area contributed by atoms with Crippen molar-refractivity contribution in [3.63, 3.8) is 0 Å². The molecule has 5 heteroatoms. The molecule has 27 heavy (non-hydrogen) atoms. The molecule has 0 saturated carbocycles. The molecule has 0 radical (unpaired) electrons. The second-order valence-corrected chi connectivity index (χ2v) is 8.99. The van der Waals surface area contributed by atoms with Crippen LogP contribution < -0.4 is 10.6 Å². The average Bonchev–Trinajstić information content (AvgIpc) is 3.15. The maximum atomic E-state index is 4.87. The van der Waals surface area contributed by atoms with Gasteiger partial charge in [0.05, 0.1) is 11.7 Å². The SMILES string of the molecule is CNc1cc(CN(C)CCC2=C(C)CCCC2(C)C)nc([C@@H]2CCCN2)n1. The monoisotopic (exact) mass is 371 g/mol. The molecule has 0 aromatic carbocycles. The predicted molar refractivity (Wildman–Crippen MR) is 113 cm³/mol. The molecule has 1 aliphatic heterocycles. The first-order chi connectivity index (χ1) is 12.9. The molecule has 0 unspecified atom stereocenters. The second-order valence-electron chi connectivity index (χ2n) is 8.99. The lowest BCUT2D eigenvalue weighted by Gasteiger charge is -2.35. The maximum absolute atomic E-state index is 4.87. The highest BCUT2D eigenvalue weighted by atomic mass is 15.1. The van der Waals surface area contributed by atoms with Crippen LogP contribution in [-0.2, 0) is 6.54 Å². The van der Waals surface area contributed by atoms with E-state index in [1.807, 2.05) is 7.05 Å². The standard InChI is InChI=1S/C22H37N5/c1-16-8-6-11-22(2,3)18(16)10-13-27(5)15-17-14-20(23-4)26-21(25-17)19-9-7-12-24-19/h14,19,24H,6-13,15H2,1-5H3,(H,23,25,26)/t19-/m0/s1. The molecule has 2 heterocycles. The number of hydrogen-bond donors (Lipinski definition) is 2. The third kappa shape index (κ3) is 5.08. The van der Waals surface area contributed by atoms with Gasteiger partial charge in [0, 0.05) is 26.2 Å². The maximum Gasteiger partial charge on any atom is 0.147 e. The minimum absolute atomic E-state index is 0.304. The quantitative estimate of drug-likeness (QED) is 0.700. The smallest absolute Gasteiger partial charge is 0.147 e. The van der Waals surface area contributed by atoms with E-state index in [0.29, 0.717) is 11.5 Å². The topological polar surface area (TPSA) is 53.1 Å². The van der Waals surface area contributed by atoms with Gasteiger partial charge in [-0.3, -0.25) is 0 Å². The van der Waals surface area contributed by atoms with Gasteiger partial charge < -0.3 is 15.5 Å². The van der Waals surface area contributed by atoms with E-state index >= 15 is 0 Å². The number of nitrogens with zero attached hydrogens (tertiary/aromatic N) is 3. The zero-order chi connectivity index (χ0) is 19.4. The van der Waals surface area contributed by atoms with E-state index < -0.39 is 0 Å². The van der Waals surface area contributed by atoms with Gasteiger partial charge in [-0.1, -0.05) is 25.0 Å². The highest BCUT2D eigenvalue weighted by molar-refractivity contribution is 5.35. The van der Waals surface area contributed by atoms with Gasteiger partial charge in [-0.15, -0.1) is 0 Å². The lowest BCUT2D eigenvalue weighted by molar-refractivity contribution is 0.296. The van der Waals surface area contributed by atoms with Crippen LogP contribution in [0.25, 0.3) is 0 Å². The van der Waals surface area contributed by atoms with Crippen LogP contribution in [0.15, 0.2) is 17.2 Å². The summed E-state index contributed by atoms with van der Waals surface area (Å²) in [5.74, 6) is 1.86. The first-order valence-electron chi connectivity index (χ1n) is 10.6. The normalized spacial score (nSPS) is 22.5. The van der Waals surface area contributed by atoms with Crippen molar-refractivity contribution in [1.82, 2.24) is 20.2 Å². The number of allylic oxidation sites excluding steroid dienone is 1. The lowest BCUT2D eigenvalue weighted by Crippen LogP contribution is -2.26. The highest BCUT2D eigenvalue weighted by Crippen LogP contribution is 2.41. The van der Waals surface area contributed by atoms with Gasteiger partial charge in [0.15, 0.2) is 0 Å². The van der Waals surface area contributed by atoms with Crippen molar-refractivity contribution in [2.24, 2.45) is 5.41 Å². The van der Waals surface area contributed by atoms with Crippen molar-refractivity contribution < 1.29 is 0 Å². The first-order valence-corrected chi connectivity index (χ1v) is 10.6. The highest BCUT2D eigenvalue weighted by Gasteiger charge is 2.28. The fourth-order valence-electron chi connectivity index (χ4n) is 4.67. The summed E-state index contributed by atoms with van der Waals surface area (Å²) < 4.78 is 0. The summed E-state index contributed by atoms with van der Waals surface area (Å²) in [6, 6.07) is 2.39. The van der Waals surface area contributed by atoms with Gasteiger partial charge in [0.1, 0.15) is 11.6 Å². The molecule has 150 valence electrons. The Morgan fingerprint density at radius 1 is 1.30 bits per heavy atom. The Hall–Kier alpha value is -1.46. The Kier molecular flexibility index (Phi) is 6.53. The molecule has 0 bridgehead atoms. The van der Waals surface area contributed by atoms with Crippen molar-refractivity contribution in [3.8, 4) is 0 Å². The van der Waals surface area contributed by atoms with Crippen molar-refractivity contribution in [2.75, 3.05) is 32.5 Å². The van der Waals surface area contributed by atoms with Crippen LogP contribution in [0.5, 0.6) is 0 Å². The molecular formula is C22H37N5. The zero-order valence-corrected chi connectivity index (χ0v) is 17.9. The van der Waals surface area contributed by atoms with Crippen molar-refractivity contribution in [1.29, 1.82) is 0 Å². The van der Waals surface area contributed by atoms with Gasteiger partial charge >= 0.3 is 0 Å². The van der Waals surface area contributed by atoms with E-state index in [1.54, 1.807) is 11.1 Å². The molecule has 1 saturated heterocycles. The van der Waals surface area contributed by atoms with Gasteiger partial charge in [0.25, 0.3) is 0 Å². The molecule has 3 rings (SSSR count). The average molecular weight is 372 g/mol. The van der Waals surface area contributed by atoms with E-state index in [4.69, 9.17) is 4.98 Å². The largest absolute Gasteiger partial charge is 0.373 e. The first kappa shape index (κ1) is 20.3. The number of aromatic nitrogens is 2. The Morgan fingerprint density at radius 3 is 2.78 bits per heavy atom. The van der Waals surface area contributed by atoms with E-state index in [0.717, 1.165) is 49.8 Å². The fraction of sp³-hybridized carbons (Fsp3) is 0.727. The summed E-state index contributed by atoms with van der Waals surface area (Å²) in [5, 5.41) is 6.71. The Balaban J connectivity index is 1.65. The third-order valence-electron chi connectivity index (χ3n) is 6.29. The van der Waals surface area contributed by atoms with Crippen LogP contribution >= 0.6 is 0 Å². The number of anilines is 1. The van der Waals surface area contributed by atoms with Gasteiger partial charge in [-0.25, -0.2) is 9.97 Å². The molecule has 1 atom stereocenters. The Bertz CT molecular complexity index is 673. The molecule has 2 N–H and O–H groups in total. The van der Waals surface area contributed by atoms with E-state index in [1.165, 1.54) is 25.7 Å². The van der Waals surface area contributed by atoms with Crippen LogP contribution in [0.3, 0.4) is 0 Å². The minimum atomic E-state index is 0.304. The van der Waals surface area contributed by atoms with Crippen LogP contribution in [0.1, 0.15) is 76.9 Å². The molecule has 1 aliphatic carbocycles. The predicted octanol–water partition coefficient (Wildman–Crippen LogP) is 4.29. The number of hydrogen-bond acceptors (Lipinski definition) is 5. The molecular weight excluding hydrogens is 334 g/mol. The molecule has 5 nitrogen and oxygen atoms in total. The fourth-order valence-corrected chi connectivity index (χ4v) is 4.67. The lowest BCUT2D eigenvalue weighted by atomic mass is 9.71. The third-order valence-corrected chi connectivity index (χ3v) is 6.29. The molecule has 0 spiro atoms.